The molecule has 0 radical (unpaired) electrons. The number of ether oxygens (including phenoxy) is 2. The molecule has 0 spiro atoms. The standard InChI is InChI=1S/C29H38F6N6O10/c1-15-22(38-13-27(3,49)25(47)39-14-28(31,32)29(33,34)35)23(44)41(19-12-17(30)4-6-20(19)51-15)10-11-50-26(48)37-9-8-36-21(43)7-5-18(24(45)46)40-16(2)42/h4,6,12,15,18,22,38,49H,5,7-11,13-14H2,1-3H3,(H,36,43)(H,37,48)(H,39,47)(H,40,42)(H,45,46)/t15-,18?,22+,27+/m1/s1. The summed E-state index contributed by atoms with van der Waals surface area (Å²) in [5.74, 6) is -11.0. The van der Waals surface area contributed by atoms with E-state index in [1.807, 2.05) is 0 Å². The number of carbonyl (C=O) groups is 6. The first-order valence-corrected chi connectivity index (χ1v) is 15.2. The number of carboxylic acid groups (broad SMARTS) is 1. The van der Waals surface area contributed by atoms with E-state index in [0.29, 0.717) is 0 Å². The van der Waals surface area contributed by atoms with E-state index in [0.717, 1.165) is 30.9 Å². The number of anilines is 1. The molecule has 5 amide bonds. The lowest BCUT2D eigenvalue weighted by Crippen LogP contribution is -2.60. The van der Waals surface area contributed by atoms with Crippen molar-refractivity contribution in [1.82, 2.24) is 26.6 Å². The van der Waals surface area contributed by atoms with Crippen molar-refractivity contribution >= 4 is 41.4 Å². The van der Waals surface area contributed by atoms with Gasteiger partial charge in [0.25, 0.3) is 5.91 Å². The molecule has 1 aromatic carbocycles. The van der Waals surface area contributed by atoms with Crippen molar-refractivity contribution in [3.63, 3.8) is 0 Å². The smallest absolute Gasteiger partial charge is 0.455 e. The summed E-state index contributed by atoms with van der Waals surface area (Å²) in [5, 5.41) is 30.4. The Hall–Kier alpha value is -4.86. The van der Waals surface area contributed by atoms with Crippen molar-refractivity contribution in [1.29, 1.82) is 0 Å². The van der Waals surface area contributed by atoms with E-state index in [1.54, 1.807) is 0 Å². The Bertz CT molecular complexity index is 1450. The Kier molecular flexibility index (Phi) is 14.8. The molecule has 1 heterocycles. The summed E-state index contributed by atoms with van der Waals surface area (Å²) in [6.45, 7) is -0.765. The zero-order valence-corrected chi connectivity index (χ0v) is 27.5. The van der Waals surface area contributed by atoms with Crippen LogP contribution >= 0.6 is 0 Å². The molecule has 7 N–H and O–H groups in total. The van der Waals surface area contributed by atoms with Crippen LogP contribution in [0.5, 0.6) is 5.75 Å². The number of alkyl carbamates (subject to hydrolysis) is 1. The number of aliphatic carboxylic acids is 1. The first-order chi connectivity index (χ1) is 23.6. The second-order valence-electron chi connectivity index (χ2n) is 11.5. The molecule has 0 aliphatic carbocycles. The first kappa shape index (κ1) is 42.3. The highest BCUT2D eigenvalue weighted by Crippen LogP contribution is 2.35. The number of carboxylic acids is 1. The fourth-order valence-corrected chi connectivity index (χ4v) is 4.43. The summed E-state index contributed by atoms with van der Waals surface area (Å²) in [6.07, 6.45) is -8.45. The van der Waals surface area contributed by atoms with Crippen molar-refractivity contribution in [3.8, 4) is 5.75 Å². The van der Waals surface area contributed by atoms with Gasteiger partial charge in [0.05, 0.1) is 18.8 Å². The molecule has 1 aliphatic rings. The van der Waals surface area contributed by atoms with E-state index in [-0.39, 0.29) is 37.4 Å². The predicted molar refractivity (Wildman–Crippen MR) is 162 cm³/mol. The zero-order chi connectivity index (χ0) is 38.7. The van der Waals surface area contributed by atoms with E-state index in [4.69, 9.17) is 14.6 Å². The molecule has 1 aromatic rings. The Morgan fingerprint density at radius 3 is 2.29 bits per heavy atom. The van der Waals surface area contributed by atoms with Gasteiger partial charge in [0.15, 0.2) is 5.60 Å². The molecule has 0 aromatic heterocycles. The molecule has 2 rings (SSSR count). The van der Waals surface area contributed by atoms with Gasteiger partial charge in [-0.15, -0.1) is 0 Å². The molecule has 16 nitrogen and oxygen atoms in total. The van der Waals surface area contributed by atoms with E-state index >= 15 is 0 Å². The lowest BCUT2D eigenvalue weighted by atomic mass is 10.0. The number of hydrogen-bond donors (Lipinski definition) is 7. The van der Waals surface area contributed by atoms with Crippen LogP contribution in [0.4, 0.5) is 36.8 Å². The van der Waals surface area contributed by atoms with Crippen LogP contribution in [0.15, 0.2) is 18.2 Å². The molecule has 22 heteroatoms. The molecule has 0 bridgehead atoms. The lowest BCUT2D eigenvalue weighted by molar-refractivity contribution is -0.279. The third-order valence-electron chi connectivity index (χ3n) is 7.17. The molecule has 286 valence electrons. The predicted octanol–water partition coefficient (Wildman–Crippen LogP) is 0.175. The number of amides is 5. The molecule has 1 aliphatic heterocycles. The lowest BCUT2D eigenvalue weighted by Gasteiger charge is -2.30. The number of alkyl halides is 5. The van der Waals surface area contributed by atoms with Gasteiger partial charge in [-0.05, 0) is 32.4 Å². The highest BCUT2D eigenvalue weighted by atomic mass is 19.4. The van der Waals surface area contributed by atoms with Gasteiger partial charge in [-0.1, -0.05) is 0 Å². The third-order valence-corrected chi connectivity index (χ3v) is 7.17. The summed E-state index contributed by atoms with van der Waals surface area (Å²) in [5.41, 5.74) is -2.70. The van der Waals surface area contributed by atoms with Crippen LogP contribution in [0.25, 0.3) is 0 Å². The van der Waals surface area contributed by atoms with E-state index < -0.39 is 104 Å². The molecule has 51 heavy (non-hydrogen) atoms. The van der Waals surface area contributed by atoms with Gasteiger partial charge < -0.3 is 45.9 Å². The fraction of sp³-hybridized carbons (Fsp3) is 0.586. The third kappa shape index (κ3) is 12.8. The maximum Gasteiger partial charge on any atom is 0.455 e. The Morgan fingerprint density at radius 1 is 1.04 bits per heavy atom. The molecular weight excluding hydrogens is 706 g/mol. The number of benzene rings is 1. The van der Waals surface area contributed by atoms with Crippen LogP contribution in [0.2, 0.25) is 0 Å². The maximum atomic E-state index is 14.2. The van der Waals surface area contributed by atoms with Crippen molar-refractivity contribution in [2.24, 2.45) is 0 Å². The van der Waals surface area contributed by atoms with Gasteiger partial charge in [-0.25, -0.2) is 14.0 Å². The monoisotopic (exact) mass is 744 g/mol. The van der Waals surface area contributed by atoms with E-state index in [9.17, 15) is 60.2 Å². The largest absolute Gasteiger partial charge is 0.486 e. The highest BCUT2D eigenvalue weighted by molar-refractivity contribution is 5.99. The average Bonchev–Trinajstić information content (AvgIpc) is 3.11. The second kappa shape index (κ2) is 17.9. The van der Waals surface area contributed by atoms with Gasteiger partial charge >= 0.3 is 24.2 Å². The molecule has 1 unspecified atom stereocenters. The van der Waals surface area contributed by atoms with Crippen molar-refractivity contribution in [3.05, 3.63) is 24.0 Å². The summed E-state index contributed by atoms with van der Waals surface area (Å²) < 4.78 is 88.9. The van der Waals surface area contributed by atoms with Crippen LogP contribution in [0.3, 0.4) is 0 Å². The number of halogens is 6. The summed E-state index contributed by atoms with van der Waals surface area (Å²) in [6, 6.07) is 0.505. The molecule has 4 atom stereocenters. The second-order valence-corrected chi connectivity index (χ2v) is 11.5. The number of aliphatic hydroxyl groups is 1. The molecular formula is C29H38F6N6O10. The fourth-order valence-electron chi connectivity index (χ4n) is 4.43. The number of carbonyl (C=O) groups excluding carboxylic acids is 5. The zero-order valence-electron chi connectivity index (χ0n) is 27.5. The van der Waals surface area contributed by atoms with Gasteiger partial charge in [-0.2, -0.15) is 22.0 Å². The number of nitrogens with one attached hydrogen (secondary N) is 5. The van der Waals surface area contributed by atoms with Crippen LogP contribution < -0.4 is 36.2 Å². The maximum absolute atomic E-state index is 14.2. The summed E-state index contributed by atoms with van der Waals surface area (Å²) in [4.78, 5) is 73.3. The number of rotatable bonds is 17. The Labute approximate surface area is 286 Å². The Balaban J connectivity index is 1.97. The first-order valence-electron chi connectivity index (χ1n) is 15.2. The number of fused-ring (bicyclic) bond motifs is 1. The van der Waals surface area contributed by atoms with Crippen LogP contribution in [0.1, 0.15) is 33.6 Å². The highest BCUT2D eigenvalue weighted by Gasteiger charge is 2.57. The summed E-state index contributed by atoms with van der Waals surface area (Å²) in [7, 11) is 0. The SMILES string of the molecule is CC(=O)NC(CCC(=O)NCCNC(=O)OCCN1C(=O)[C@@H](NC[C@](C)(O)C(=O)NCC(F)(F)C(F)(F)F)[C@@H](C)Oc2ccc(F)cc21)C(=O)O. The topological polar surface area (TPSA) is 225 Å². The molecule has 0 fully saturated rings. The Morgan fingerprint density at radius 2 is 1.69 bits per heavy atom. The molecule has 0 saturated heterocycles. The minimum absolute atomic E-state index is 0.00683. The van der Waals surface area contributed by atoms with Crippen molar-refractivity contribution in [2.75, 3.05) is 44.2 Å². The average molecular weight is 745 g/mol. The summed E-state index contributed by atoms with van der Waals surface area (Å²) >= 11 is 0. The van der Waals surface area contributed by atoms with Crippen molar-refractivity contribution < 1.29 is 74.8 Å². The quantitative estimate of drug-likeness (QED) is 0.0842. The van der Waals surface area contributed by atoms with Crippen LogP contribution in [-0.4, -0.2) is 121 Å². The molecule has 0 saturated carbocycles. The van der Waals surface area contributed by atoms with Gasteiger partial charge in [0, 0.05) is 39.0 Å². The van der Waals surface area contributed by atoms with Gasteiger partial charge in [0.2, 0.25) is 17.7 Å². The van der Waals surface area contributed by atoms with Gasteiger partial charge in [-0.3, -0.25) is 24.5 Å². The minimum atomic E-state index is -5.96. The van der Waals surface area contributed by atoms with Crippen LogP contribution in [-0.2, 0) is 28.7 Å². The van der Waals surface area contributed by atoms with Gasteiger partial charge in [0.1, 0.15) is 36.4 Å². The van der Waals surface area contributed by atoms with E-state index in [2.05, 4.69) is 21.3 Å². The number of nitrogens with zero attached hydrogens (tertiary/aromatic N) is 1. The van der Waals surface area contributed by atoms with Crippen LogP contribution in [0, 0.1) is 5.82 Å². The van der Waals surface area contributed by atoms with E-state index in [1.165, 1.54) is 18.3 Å². The minimum Gasteiger partial charge on any atom is -0.486 e. The van der Waals surface area contributed by atoms with Crippen molar-refractivity contribution in [2.45, 2.75) is 69.5 Å². The number of hydrogen-bond acceptors (Lipinski definition) is 10. The normalized spacial score (nSPS) is 17.8.